The van der Waals surface area contributed by atoms with Gasteiger partial charge in [0.1, 0.15) is 0 Å². The van der Waals surface area contributed by atoms with E-state index in [0.717, 1.165) is 43.4 Å². The average Bonchev–Trinajstić information content (AvgIpc) is 2.96. The van der Waals surface area contributed by atoms with Gasteiger partial charge in [-0.1, -0.05) is 64.6 Å². The largest absolute Gasteiger partial charge is 0.354 e. The Balaban J connectivity index is 1.32. The molecule has 0 saturated carbocycles. The molecule has 4 rings (SSSR count). The van der Waals surface area contributed by atoms with E-state index >= 15 is 0 Å². The Bertz CT molecular complexity index is 1320. The molecule has 226 valence electrons. The lowest BCUT2D eigenvalue weighted by Gasteiger charge is -2.38. The number of nitrogens with one attached hydrogen (secondary N) is 1. The molecule has 1 atom stereocenters. The third-order valence-corrected chi connectivity index (χ3v) is 9.12. The van der Waals surface area contributed by atoms with E-state index in [-0.39, 0.29) is 30.7 Å². The Morgan fingerprint density at radius 1 is 0.881 bits per heavy atom. The Hall–Kier alpha value is -2.25. The van der Waals surface area contributed by atoms with E-state index in [1.165, 1.54) is 12.1 Å². The van der Waals surface area contributed by atoms with Crippen LogP contribution in [0.25, 0.3) is 0 Å². The van der Waals surface area contributed by atoms with E-state index in [1.54, 1.807) is 29.2 Å². The third kappa shape index (κ3) is 9.37. The lowest BCUT2D eigenvalue weighted by molar-refractivity contribution is -0.136. The van der Waals surface area contributed by atoms with Crippen molar-refractivity contribution in [1.29, 1.82) is 0 Å². The predicted octanol–water partition coefficient (Wildman–Crippen LogP) is 7.51. The smallest absolute Gasteiger partial charge is 0.239 e. The van der Waals surface area contributed by atoms with Gasteiger partial charge in [-0.3, -0.25) is 14.4 Å². The van der Waals surface area contributed by atoms with Crippen LogP contribution in [0.5, 0.6) is 0 Å². The van der Waals surface area contributed by atoms with Crippen LogP contribution in [0.3, 0.4) is 0 Å². The Morgan fingerprint density at radius 2 is 1.55 bits per heavy atom. The summed E-state index contributed by atoms with van der Waals surface area (Å²) < 4.78 is 0. The molecule has 1 aliphatic carbocycles. The van der Waals surface area contributed by atoms with Gasteiger partial charge in [0.05, 0.1) is 6.54 Å². The van der Waals surface area contributed by atoms with E-state index in [1.807, 2.05) is 17.0 Å². The summed E-state index contributed by atoms with van der Waals surface area (Å²) in [5, 5.41) is 5.03. The molecular formula is C32H37Cl4N3O3. The zero-order valence-corrected chi connectivity index (χ0v) is 26.7. The number of nitrogens with zero attached hydrogens (tertiary/aromatic N) is 2. The molecule has 0 aromatic heterocycles. The fourth-order valence-electron chi connectivity index (χ4n) is 5.69. The van der Waals surface area contributed by atoms with Gasteiger partial charge in [0.25, 0.3) is 0 Å². The summed E-state index contributed by atoms with van der Waals surface area (Å²) in [5.74, 6) is 0.133. The number of fused-ring (bicyclic) bond motifs is 1. The number of piperidine rings is 1. The van der Waals surface area contributed by atoms with Gasteiger partial charge in [-0.25, -0.2) is 0 Å². The van der Waals surface area contributed by atoms with Crippen molar-refractivity contribution < 1.29 is 14.4 Å². The molecule has 0 spiro atoms. The van der Waals surface area contributed by atoms with E-state index in [0.29, 0.717) is 64.8 Å². The summed E-state index contributed by atoms with van der Waals surface area (Å²) in [6.07, 6.45) is 9.67. The molecule has 0 bridgehead atoms. The topological polar surface area (TPSA) is 69.7 Å². The number of carbonyl (C=O) groups is 3. The number of carbonyl (C=O) groups excluding carboxylic acids is 3. The van der Waals surface area contributed by atoms with Crippen molar-refractivity contribution in [2.75, 3.05) is 26.2 Å². The molecule has 1 fully saturated rings. The van der Waals surface area contributed by atoms with Gasteiger partial charge >= 0.3 is 0 Å². The first-order valence-corrected chi connectivity index (χ1v) is 16.1. The molecular weight excluding hydrogens is 616 g/mol. The van der Waals surface area contributed by atoms with Crippen LogP contribution in [0.4, 0.5) is 0 Å². The van der Waals surface area contributed by atoms with Crippen molar-refractivity contribution >= 4 is 64.1 Å². The number of rotatable bonds is 12. The number of amides is 3. The zero-order chi connectivity index (χ0) is 30.1. The molecule has 1 unspecified atom stereocenters. The minimum atomic E-state index is -0.268. The Morgan fingerprint density at radius 3 is 2.24 bits per heavy atom. The number of halogens is 4. The number of hydrogen-bond acceptors (Lipinski definition) is 3. The molecule has 42 heavy (non-hydrogen) atoms. The molecule has 2 aromatic carbocycles. The van der Waals surface area contributed by atoms with E-state index in [9.17, 15) is 14.4 Å². The molecule has 2 aromatic rings. The first-order chi connectivity index (χ1) is 20.2. The van der Waals surface area contributed by atoms with Crippen LogP contribution in [0.2, 0.25) is 20.1 Å². The van der Waals surface area contributed by atoms with Crippen molar-refractivity contribution in [2.24, 2.45) is 5.92 Å². The van der Waals surface area contributed by atoms with Crippen molar-refractivity contribution in [2.45, 2.75) is 64.2 Å². The predicted molar refractivity (Wildman–Crippen MR) is 170 cm³/mol. The van der Waals surface area contributed by atoms with Gasteiger partial charge in [0.15, 0.2) is 0 Å². The summed E-state index contributed by atoms with van der Waals surface area (Å²) in [6.45, 7) is 1.34. The molecule has 1 N–H and O–H groups in total. The molecule has 0 radical (unpaired) electrons. The lowest BCUT2D eigenvalue weighted by atomic mass is 9.85. The van der Waals surface area contributed by atoms with Gasteiger partial charge in [0, 0.05) is 58.3 Å². The molecule has 2 aliphatic rings. The SMILES string of the molecule is O=C(CN(CCc1ccc(Cl)cc1Cl)C(=O)CCCC(=O)N1CCCC2CCCC=C21)NCCc1ccc(Cl)cc1Cl. The van der Waals surface area contributed by atoms with Crippen LogP contribution < -0.4 is 5.32 Å². The normalized spacial score (nSPS) is 16.4. The highest BCUT2D eigenvalue weighted by Crippen LogP contribution is 2.35. The van der Waals surface area contributed by atoms with Crippen LogP contribution >= 0.6 is 46.4 Å². The minimum absolute atomic E-state index is 0.0822. The average molecular weight is 653 g/mol. The van der Waals surface area contributed by atoms with Gasteiger partial charge < -0.3 is 15.1 Å². The summed E-state index contributed by atoms with van der Waals surface area (Å²) in [7, 11) is 0. The first-order valence-electron chi connectivity index (χ1n) is 14.6. The second-order valence-corrected chi connectivity index (χ2v) is 12.6. The van der Waals surface area contributed by atoms with Crippen molar-refractivity contribution in [3.05, 3.63) is 79.4 Å². The Kier molecular flexibility index (Phi) is 12.4. The monoisotopic (exact) mass is 651 g/mol. The number of allylic oxidation sites excluding steroid dienone is 2. The highest BCUT2D eigenvalue weighted by atomic mass is 35.5. The van der Waals surface area contributed by atoms with Crippen LogP contribution in [0, 0.1) is 5.92 Å². The van der Waals surface area contributed by atoms with E-state index < -0.39 is 0 Å². The van der Waals surface area contributed by atoms with Crippen LogP contribution in [0.15, 0.2) is 48.2 Å². The van der Waals surface area contributed by atoms with E-state index in [4.69, 9.17) is 46.4 Å². The maximum absolute atomic E-state index is 13.3. The number of benzene rings is 2. The summed E-state index contributed by atoms with van der Waals surface area (Å²) in [4.78, 5) is 42.8. The van der Waals surface area contributed by atoms with Gasteiger partial charge in [-0.05, 0) is 92.7 Å². The van der Waals surface area contributed by atoms with Gasteiger partial charge in [-0.15, -0.1) is 0 Å². The zero-order valence-electron chi connectivity index (χ0n) is 23.6. The third-order valence-electron chi connectivity index (χ3n) is 7.94. The minimum Gasteiger partial charge on any atom is -0.354 e. The van der Waals surface area contributed by atoms with Crippen molar-refractivity contribution in [3.63, 3.8) is 0 Å². The molecule has 1 heterocycles. The molecule has 3 amide bonds. The fraction of sp³-hybridized carbons (Fsp3) is 0.469. The number of hydrogen-bond donors (Lipinski definition) is 1. The van der Waals surface area contributed by atoms with Crippen LogP contribution in [-0.2, 0) is 27.2 Å². The van der Waals surface area contributed by atoms with Crippen molar-refractivity contribution in [1.82, 2.24) is 15.1 Å². The quantitative estimate of drug-likeness (QED) is 0.258. The van der Waals surface area contributed by atoms with Gasteiger partial charge in [0.2, 0.25) is 17.7 Å². The highest BCUT2D eigenvalue weighted by molar-refractivity contribution is 6.35. The maximum atomic E-state index is 13.3. The van der Waals surface area contributed by atoms with Crippen LogP contribution in [0.1, 0.15) is 62.5 Å². The van der Waals surface area contributed by atoms with Gasteiger partial charge in [-0.2, -0.15) is 0 Å². The first kappa shape index (κ1) is 32.7. The van der Waals surface area contributed by atoms with E-state index in [2.05, 4.69) is 11.4 Å². The molecule has 6 nitrogen and oxygen atoms in total. The summed E-state index contributed by atoms with van der Waals surface area (Å²) in [5.41, 5.74) is 2.90. The second-order valence-electron chi connectivity index (χ2n) is 10.9. The molecule has 10 heteroatoms. The molecule has 1 saturated heterocycles. The number of likely N-dealkylation sites (tertiary alicyclic amines) is 1. The highest BCUT2D eigenvalue weighted by Gasteiger charge is 2.30. The fourth-order valence-corrected chi connectivity index (χ4v) is 6.70. The summed E-state index contributed by atoms with van der Waals surface area (Å²) in [6, 6.07) is 10.5. The Labute approximate surface area is 268 Å². The second kappa shape index (κ2) is 16.0. The summed E-state index contributed by atoms with van der Waals surface area (Å²) >= 11 is 24.6. The maximum Gasteiger partial charge on any atom is 0.239 e. The standard InChI is InChI=1S/C32H37Cl4N3O3/c33-25-12-10-22(27(35)19-25)14-16-37-30(40)21-38(18-15-23-11-13-26(34)20-28(23)36)31(41)8-3-9-32(42)39-17-4-6-24-5-1-2-7-29(24)39/h7,10-13,19-20,24H,1-6,8-9,14-18,21H2,(H,37,40). The lowest BCUT2D eigenvalue weighted by Crippen LogP contribution is -2.42. The molecule has 1 aliphatic heterocycles. The van der Waals surface area contributed by atoms with Crippen LogP contribution in [-0.4, -0.2) is 53.7 Å². The van der Waals surface area contributed by atoms with Crippen molar-refractivity contribution in [3.8, 4) is 0 Å².